The van der Waals surface area contributed by atoms with Gasteiger partial charge in [0.2, 0.25) is 0 Å². The van der Waals surface area contributed by atoms with E-state index in [1.165, 1.54) is 23.4 Å². The Morgan fingerprint density at radius 1 is 1.27 bits per heavy atom. The summed E-state index contributed by atoms with van der Waals surface area (Å²) in [6.07, 6.45) is 2.51. The van der Waals surface area contributed by atoms with Gasteiger partial charge in [-0.15, -0.1) is 0 Å². The maximum Gasteiger partial charge on any atom is 0.192 e. The number of piperazine rings is 1. The highest BCUT2D eigenvalue weighted by Gasteiger charge is 2.37. The molecule has 6 nitrogen and oxygen atoms in total. The minimum atomic E-state index is 0.297. The maximum atomic E-state index is 5.82. The molecule has 4 rings (SSSR count). The van der Waals surface area contributed by atoms with Crippen LogP contribution < -0.4 is 14.5 Å². The zero-order valence-electron chi connectivity index (χ0n) is 16.2. The highest BCUT2D eigenvalue weighted by Crippen LogP contribution is 2.41. The van der Waals surface area contributed by atoms with Gasteiger partial charge in [0.05, 0.1) is 11.1 Å². The molecule has 2 aromatic rings. The van der Waals surface area contributed by atoms with Crippen LogP contribution in [-0.2, 0) is 0 Å². The second kappa shape index (κ2) is 6.94. The van der Waals surface area contributed by atoms with E-state index in [1.54, 1.807) is 11.9 Å². The van der Waals surface area contributed by atoms with Crippen molar-refractivity contribution in [2.24, 2.45) is 0 Å². The lowest BCUT2D eigenvalue weighted by Gasteiger charge is -2.34. The number of hydrogen-bond donors (Lipinski definition) is 1. The first-order valence-corrected chi connectivity index (χ1v) is 10.3. The third-order valence-electron chi connectivity index (χ3n) is 5.60. The summed E-state index contributed by atoms with van der Waals surface area (Å²) in [5.41, 5.74) is 2.38. The second-order valence-electron chi connectivity index (χ2n) is 7.89. The molecule has 26 heavy (non-hydrogen) atoms. The Hall–Kier alpha value is -1.44. The van der Waals surface area contributed by atoms with Crippen LogP contribution in [0.15, 0.2) is 21.6 Å². The summed E-state index contributed by atoms with van der Waals surface area (Å²) in [4.78, 5) is 8.18. The van der Waals surface area contributed by atoms with E-state index in [0.29, 0.717) is 5.54 Å². The fraction of sp³-hybridized carbons (Fsp3) is 0.632. The zero-order chi connectivity index (χ0) is 18.3. The van der Waals surface area contributed by atoms with Gasteiger partial charge in [-0.25, -0.2) is 0 Å². The first-order valence-electron chi connectivity index (χ1n) is 9.51. The van der Waals surface area contributed by atoms with Crippen molar-refractivity contribution in [3.05, 3.63) is 12.1 Å². The molecule has 0 spiro atoms. The molecule has 0 bridgehead atoms. The minimum Gasteiger partial charge on any atom is -0.366 e. The predicted octanol–water partition coefficient (Wildman–Crippen LogP) is 3.18. The molecule has 2 fully saturated rings. The summed E-state index contributed by atoms with van der Waals surface area (Å²) in [7, 11) is 4.25. The molecule has 0 amide bonds. The first-order chi connectivity index (χ1) is 12.5. The Bertz CT molecular complexity index is 780. The lowest BCUT2D eigenvalue weighted by atomic mass is 10.2. The molecule has 0 radical (unpaired) electrons. The van der Waals surface area contributed by atoms with Crippen LogP contribution in [0, 0.1) is 0 Å². The van der Waals surface area contributed by atoms with E-state index >= 15 is 0 Å². The van der Waals surface area contributed by atoms with Gasteiger partial charge in [-0.1, -0.05) is 5.16 Å². The largest absolute Gasteiger partial charge is 0.366 e. The molecule has 7 heteroatoms. The van der Waals surface area contributed by atoms with Crippen molar-refractivity contribution in [2.45, 2.75) is 37.1 Å². The molecule has 2 aliphatic rings. The lowest BCUT2D eigenvalue weighted by molar-refractivity contribution is 0.312. The summed E-state index contributed by atoms with van der Waals surface area (Å²) < 4.78 is 9.45. The van der Waals surface area contributed by atoms with E-state index in [1.807, 2.05) is 0 Å². The minimum absolute atomic E-state index is 0.297. The van der Waals surface area contributed by atoms with Crippen molar-refractivity contribution in [1.82, 2.24) is 14.8 Å². The van der Waals surface area contributed by atoms with Gasteiger partial charge in [0, 0.05) is 50.2 Å². The number of fused-ring (bicyclic) bond motifs is 1. The van der Waals surface area contributed by atoms with Gasteiger partial charge in [-0.2, -0.15) is 0 Å². The molecule has 1 aliphatic heterocycles. The van der Waals surface area contributed by atoms with Crippen molar-refractivity contribution >= 4 is 34.4 Å². The average Bonchev–Trinajstić information content (AvgIpc) is 3.23. The average molecular weight is 376 g/mol. The van der Waals surface area contributed by atoms with Crippen LogP contribution in [0.1, 0.15) is 26.7 Å². The van der Waals surface area contributed by atoms with E-state index < -0.39 is 0 Å². The molecule has 1 N–H and O–H groups in total. The first kappa shape index (κ1) is 17.9. The van der Waals surface area contributed by atoms with Gasteiger partial charge in [0.25, 0.3) is 0 Å². The number of nitrogens with zero attached hydrogens (tertiary/aromatic N) is 4. The highest BCUT2D eigenvalue weighted by atomic mass is 32.2. The summed E-state index contributed by atoms with van der Waals surface area (Å²) in [5, 5.41) is 5.49. The summed E-state index contributed by atoms with van der Waals surface area (Å²) in [5.74, 6) is 0.929. The normalized spacial score (nSPS) is 19.9. The molecule has 1 aromatic carbocycles. The monoisotopic (exact) mass is 375 g/mol. The van der Waals surface area contributed by atoms with E-state index in [9.17, 15) is 0 Å². The predicted molar refractivity (Wildman–Crippen MR) is 109 cm³/mol. The molecule has 1 saturated heterocycles. The van der Waals surface area contributed by atoms with Crippen LogP contribution in [-0.4, -0.2) is 62.4 Å². The number of benzene rings is 1. The molecule has 2 heterocycles. The van der Waals surface area contributed by atoms with Crippen molar-refractivity contribution in [3.63, 3.8) is 0 Å². The SMILES string of the molecule is CCN(C)c1noc2c(N3CCN(C)CC3)cc(SNC3(C)CC3)cc12. The third kappa shape index (κ3) is 3.52. The number of nitrogens with one attached hydrogen (secondary N) is 1. The van der Waals surface area contributed by atoms with Crippen LogP contribution in [0.4, 0.5) is 11.5 Å². The number of rotatable bonds is 6. The van der Waals surface area contributed by atoms with Gasteiger partial charge in [0.1, 0.15) is 0 Å². The smallest absolute Gasteiger partial charge is 0.192 e. The highest BCUT2D eigenvalue weighted by molar-refractivity contribution is 7.97. The molecule has 142 valence electrons. The van der Waals surface area contributed by atoms with Crippen LogP contribution in [0.25, 0.3) is 11.0 Å². The van der Waals surface area contributed by atoms with E-state index in [0.717, 1.165) is 49.5 Å². The number of aromatic nitrogens is 1. The summed E-state index contributed by atoms with van der Waals surface area (Å²) in [6, 6.07) is 4.48. The standard InChI is InChI=1S/C19H29N5OS/c1-5-23(4)18-15-12-14(26-21-19(2)6-7-19)13-16(17(15)25-20-18)24-10-8-22(3)9-11-24/h12-13,21H,5-11H2,1-4H3. The number of anilines is 2. The Labute approximate surface area is 160 Å². The van der Waals surface area contributed by atoms with Gasteiger partial charge in [0.15, 0.2) is 11.4 Å². The number of hydrogen-bond acceptors (Lipinski definition) is 7. The van der Waals surface area contributed by atoms with Crippen molar-refractivity contribution < 1.29 is 4.52 Å². The molecule has 0 atom stereocenters. The van der Waals surface area contributed by atoms with Gasteiger partial charge in [-0.05, 0) is 57.8 Å². The van der Waals surface area contributed by atoms with Crippen LogP contribution >= 0.6 is 11.9 Å². The van der Waals surface area contributed by atoms with Crippen LogP contribution in [0.5, 0.6) is 0 Å². The molecule has 0 unspecified atom stereocenters. The Balaban J connectivity index is 1.71. The van der Waals surface area contributed by atoms with Crippen molar-refractivity contribution in [1.29, 1.82) is 0 Å². The molecular formula is C19H29N5OS. The Morgan fingerprint density at radius 3 is 2.65 bits per heavy atom. The van der Waals surface area contributed by atoms with E-state index in [-0.39, 0.29) is 0 Å². The van der Waals surface area contributed by atoms with E-state index in [4.69, 9.17) is 4.52 Å². The molecular weight excluding hydrogens is 346 g/mol. The van der Waals surface area contributed by atoms with Gasteiger partial charge >= 0.3 is 0 Å². The van der Waals surface area contributed by atoms with Crippen LogP contribution in [0.3, 0.4) is 0 Å². The van der Waals surface area contributed by atoms with E-state index in [2.05, 4.69) is 64.7 Å². The summed E-state index contributed by atoms with van der Waals surface area (Å²) >= 11 is 1.74. The topological polar surface area (TPSA) is 47.8 Å². The van der Waals surface area contributed by atoms with Crippen molar-refractivity contribution in [3.8, 4) is 0 Å². The van der Waals surface area contributed by atoms with Crippen LogP contribution in [0.2, 0.25) is 0 Å². The Morgan fingerprint density at radius 2 is 2.00 bits per heavy atom. The zero-order valence-corrected chi connectivity index (χ0v) is 17.0. The quantitative estimate of drug-likeness (QED) is 0.778. The molecule has 1 saturated carbocycles. The fourth-order valence-corrected chi connectivity index (χ4v) is 4.14. The third-order valence-corrected chi connectivity index (χ3v) is 6.67. The maximum absolute atomic E-state index is 5.82. The molecule has 1 aliphatic carbocycles. The Kier molecular flexibility index (Phi) is 4.79. The van der Waals surface area contributed by atoms with Gasteiger partial charge < -0.3 is 19.2 Å². The number of likely N-dealkylation sites (N-methyl/N-ethyl adjacent to an activating group) is 1. The lowest BCUT2D eigenvalue weighted by Crippen LogP contribution is -2.44. The van der Waals surface area contributed by atoms with Crippen molar-refractivity contribution in [2.75, 3.05) is 56.6 Å². The molecule has 1 aromatic heterocycles. The van der Waals surface area contributed by atoms with Gasteiger partial charge in [-0.3, -0.25) is 4.72 Å². The summed E-state index contributed by atoms with van der Waals surface area (Å²) in [6.45, 7) is 9.51. The second-order valence-corrected chi connectivity index (χ2v) is 8.77. The fourth-order valence-electron chi connectivity index (χ4n) is 3.23.